The number of aryl methyl sites for hydroxylation is 2. The number of amides is 1. The molecule has 1 saturated heterocycles. The first-order valence-electron chi connectivity index (χ1n) is 10.6. The number of hydrogen-bond donors (Lipinski definition) is 1. The van der Waals surface area contributed by atoms with E-state index in [0.717, 1.165) is 35.7 Å². The van der Waals surface area contributed by atoms with Crippen molar-refractivity contribution in [1.29, 1.82) is 0 Å². The molecule has 1 aliphatic heterocycles. The molecule has 5 rings (SSSR count). The van der Waals surface area contributed by atoms with E-state index in [1.54, 1.807) is 9.20 Å². The van der Waals surface area contributed by atoms with Gasteiger partial charge in [0.1, 0.15) is 5.82 Å². The quantitative estimate of drug-likeness (QED) is 0.532. The van der Waals surface area contributed by atoms with Gasteiger partial charge in [0.25, 0.3) is 5.91 Å². The van der Waals surface area contributed by atoms with Crippen molar-refractivity contribution in [1.82, 2.24) is 24.4 Å². The third-order valence-corrected chi connectivity index (χ3v) is 5.84. The van der Waals surface area contributed by atoms with Crippen LogP contribution in [0.4, 0.5) is 5.82 Å². The molecule has 9 heteroatoms. The van der Waals surface area contributed by atoms with E-state index < -0.39 is 5.91 Å². The van der Waals surface area contributed by atoms with Crippen LogP contribution in [0.3, 0.4) is 0 Å². The normalized spacial score (nSPS) is 14.3. The van der Waals surface area contributed by atoms with Gasteiger partial charge in [-0.15, -0.1) is 0 Å². The fourth-order valence-electron chi connectivity index (χ4n) is 4.21. The van der Waals surface area contributed by atoms with E-state index >= 15 is 0 Å². The van der Waals surface area contributed by atoms with Crippen molar-refractivity contribution in [3.63, 3.8) is 0 Å². The lowest BCUT2D eigenvalue weighted by molar-refractivity contribution is 0.0994. The lowest BCUT2D eigenvalue weighted by atomic mass is 10.1. The number of ether oxygens (including phenoxy) is 1. The summed E-state index contributed by atoms with van der Waals surface area (Å²) in [5, 5.41) is 9.32. The first-order valence-corrected chi connectivity index (χ1v) is 10.6. The zero-order valence-corrected chi connectivity index (χ0v) is 18.4. The van der Waals surface area contributed by atoms with Crippen LogP contribution in [-0.2, 0) is 4.74 Å². The Balaban J connectivity index is 1.71. The molecule has 0 radical (unpaired) electrons. The molecule has 1 aliphatic rings. The number of carbonyl (C=O) groups is 1. The van der Waals surface area contributed by atoms with Crippen LogP contribution < -0.4 is 10.6 Å². The number of primary amides is 1. The van der Waals surface area contributed by atoms with Crippen LogP contribution in [0.1, 0.15) is 27.2 Å². The van der Waals surface area contributed by atoms with Gasteiger partial charge < -0.3 is 15.4 Å². The molecule has 3 aromatic heterocycles. The monoisotopic (exact) mass is 431 g/mol. The summed E-state index contributed by atoms with van der Waals surface area (Å²) in [6.07, 6.45) is 1.91. The Kier molecular flexibility index (Phi) is 4.90. The van der Waals surface area contributed by atoms with Gasteiger partial charge in [-0.2, -0.15) is 14.7 Å². The van der Waals surface area contributed by atoms with E-state index in [1.807, 2.05) is 38.2 Å². The van der Waals surface area contributed by atoms with Crippen molar-refractivity contribution in [3.05, 3.63) is 58.9 Å². The van der Waals surface area contributed by atoms with Crippen molar-refractivity contribution >= 4 is 17.4 Å². The second-order valence-corrected chi connectivity index (χ2v) is 8.07. The summed E-state index contributed by atoms with van der Waals surface area (Å²) in [5.41, 5.74) is 11.1. The number of nitrogens with zero attached hydrogens (tertiary/aromatic N) is 6. The van der Waals surface area contributed by atoms with Gasteiger partial charge in [0, 0.05) is 36.0 Å². The Morgan fingerprint density at radius 2 is 1.84 bits per heavy atom. The Morgan fingerprint density at radius 3 is 2.56 bits per heavy atom. The summed E-state index contributed by atoms with van der Waals surface area (Å²) >= 11 is 0. The van der Waals surface area contributed by atoms with Crippen molar-refractivity contribution in [2.24, 2.45) is 5.73 Å². The molecule has 2 N–H and O–H groups in total. The fourth-order valence-corrected chi connectivity index (χ4v) is 4.21. The first-order chi connectivity index (χ1) is 15.4. The van der Waals surface area contributed by atoms with E-state index in [0.29, 0.717) is 30.2 Å². The highest BCUT2D eigenvalue weighted by Crippen LogP contribution is 2.29. The maximum Gasteiger partial charge on any atom is 0.269 e. The van der Waals surface area contributed by atoms with Crippen LogP contribution in [0.15, 0.2) is 36.5 Å². The number of rotatable bonds is 4. The average Bonchev–Trinajstić information content (AvgIpc) is 3.39. The predicted octanol–water partition coefficient (Wildman–Crippen LogP) is 2.44. The van der Waals surface area contributed by atoms with Crippen LogP contribution in [-0.4, -0.2) is 56.6 Å². The summed E-state index contributed by atoms with van der Waals surface area (Å²) in [5.74, 6) is 0.995. The highest BCUT2D eigenvalue weighted by molar-refractivity contribution is 5.94. The minimum Gasteiger partial charge on any atom is -0.378 e. The standard InChI is InChI=1S/C23H25N7O2/c1-14-5-4-6-17(13-14)18-7-8-29(26-18)21-16(3)23(28-9-11-32-12-10-28)30-22(25-21)15(2)19(27-30)20(24)31/h4-8,13H,9-12H2,1-3H3,(H2,24,31). The average molecular weight is 432 g/mol. The summed E-state index contributed by atoms with van der Waals surface area (Å²) in [4.78, 5) is 19.0. The van der Waals surface area contributed by atoms with Gasteiger partial charge in [0.2, 0.25) is 0 Å². The number of hydrogen-bond acceptors (Lipinski definition) is 6. The third-order valence-electron chi connectivity index (χ3n) is 5.84. The maximum absolute atomic E-state index is 12.0. The van der Waals surface area contributed by atoms with Crippen molar-refractivity contribution < 1.29 is 9.53 Å². The largest absolute Gasteiger partial charge is 0.378 e. The fraction of sp³-hybridized carbons (Fsp3) is 0.304. The van der Waals surface area contributed by atoms with Gasteiger partial charge in [-0.3, -0.25) is 4.79 Å². The minimum atomic E-state index is -0.569. The zero-order chi connectivity index (χ0) is 22.4. The maximum atomic E-state index is 12.0. The van der Waals surface area contributed by atoms with Crippen LogP contribution in [0.5, 0.6) is 0 Å². The number of aromatic nitrogens is 5. The molecule has 4 heterocycles. The lowest BCUT2D eigenvalue weighted by Crippen LogP contribution is -2.38. The summed E-state index contributed by atoms with van der Waals surface area (Å²) in [6.45, 7) is 8.57. The molecule has 1 amide bonds. The van der Waals surface area contributed by atoms with Crippen molar-refractivity contribution in [2.75, 3.05) is 31.2 Å². The molecule has 32 heavy (non-hydrogen) atoms. The lowest BCUT2D eigenvalue weighted by Gasteiger charge is -2.30. The van der Waals surface area contributed by atoms with Crippen LogP contribution >= 0.6 is 0 Å². The number of carbonyl (C=O) groups excluding carboxylic acids is 1. The van der Waals surface area contributed by atoms with Gasteiger partial charge in [-0.25, -0.2) is 9.67 Å². The molecule has 0 aliphatic carbocycles. The summed E-state index contributed by atoms with van der Waals surface area (Å²) in [6, 6.07) is 10.2. The molecule has 164 valence electrons. The molecular weight excluding hydrogens is 406 g/mol. The van der Waals surface area contributed by atoms with Crippen molar-refractivity contribution in [2.45, 2.75) is 20.8 Å². The molecular formula is C23H25N7O2. The Hall–Kier alpha value is -3.72. The number of morpholine rings is 1. The number of anilines is 1. The molecule has 9 nitrogen and oxygen atoms in total. The second kappa shape index (κ2) is 7.76. The highest BCUT2D eigenvalue weighted by Gasteiger charge is 2.25. The van der Waals surface area contributed by atoms with Crippen LogP contribution in [0.25, 0.3) is 22.7 Å². The van der Waals surface area contributed by atoms with E-state index in [-0.39, 0.29) is 5.69 Å². The van der Waals surface area contributed by atoms with E-state index in [2.05, 4.69) is 29.1 Å². The molecule has 0 unspecified atom stereocenters. The molecule has 0 saturated carbocycles. The van der Waals surface area contributed by atoms with Crippen molar-refractivity contribution in [3.8, 4) is 17.1 Å². The first kappa shape index (κ1) is 20.2. The second-order valence-electron chi connectivity index (χ2n) is 8.07. The topological polar surface area (TPSA) is 104 Å². The van der Waals surface area contributed by atoms with Gasteiger partial charge in [0.15, 0.2) is 17.2 Å². The number of benzene rings is 1. The van der Waals surface area contributed by atoms with E-state index in [9.17, 15) is 4.79 Å². The van der Waals surface area contributed by atoms with Gasteiger partial charge in [-0.05, 0) is 32.9 Å². The smallest absolute Gasteiger partial charge is 0.269 e. The molecule has 1 fully saturated rings. The zero-order valence-electron chi connectivity index (χ0n) is 18.4. The molecule has 0 spiro atoms. The SMILES string of the molecule is Cc1cccc(-c2ccn(-c3nc4c(C)c(C(N)=O)nn4c(N4CCOCC4)c3C)n2)c1. The molecule has 4 aromatic rings. The summed E-state index contributed by atoms with van der Waals surface area (Å²) in [7, 11) is 0. The van der Waals surface area contributed by atoms with E-state index in [1.165, 1.54) is 5.56 Å². The minimum absolute atomic E-state index is 0.226. The third kappa shape index (κ3) is 3.31. The Morgan fingerprint density at radius 1 is 1.06 bits per heavy atom. The number of fused-ring (bicyclic) bond motifs is 1. The molecule has 1 aromatic carbocycles. The van der Waals surface area contributed by atoms with Crippen LogP contribution in [0.2, 0.25) is 0 Å². The van der Waals surface area contributed by atoms with Gasteiger partial charge >= 0.3 is 0 Å². The summed E-state index contributed by atoms with van der Waals surface area (Å²) < 4.78 is 9.05. The Bertz CT molecular complexity index is 1330. The number of nitrogens with two attached hydrogens (primary N) is 1. The predicted molar refractivity (Wildman–Crippen MR) is 121 cm³/mol. The Labute approximate surface area is 185 Å². The van der Waals surface area contributed by atoms with Gasteiger partial charge in [-0.1, -0.05) is 23.8 Å². The highest BCUT2D eigenvalue weighted by atomic mass is 16.5. The molecule has 0 atom stereocenters. The molecule has 0 bridgehead atoms. The van der Waals surface area contributed by atoms with Crippen LogP contribution in [0, 0.1) is 20.8 Å². The van der Waals surface area contributed by atoms with E-state index in [4.69, 9.17) is 20.6 Å². The van der Waals surface area contributed by atoms with Gasteiger partial charge in [0.05, 0.1) is 18.9 Å².